The molecular formula is C14H22N2O2S. The molecule has 0 unspecified atom stereocenters. The van der Waals surface area contributed by atoms with Crippen molar-refractivity contribution in [3.8, 4) is 0 Å². The van der Waals surface area contributed by atoms with E-state index in [9.17, 15) is 8.42 Å². The molecule has 1 aliphatic heterocycles. The Morgan fingerprint density at radius 1 is 1.37 bits per heavy atom. The van der Waals surface area contributed by atoms with E-state index in [-0.39, 0.29) is 10.6 Å². The fraction of sp³-hybridized carbons (Fsp3) is 0.571. The summed E-state index contributed by atoms with van der Waals surface area (Å²) in [5.74, 6) is 0.0800. The first-order chi connectivity index (χ1) is 8.95. The molecule has 1 aromatic rings. The zero-order valence-corrected chi connectivity index (χ0v) is 12.4. The summed E-state index contributed by atoms with van der Waals surface area (Å²) in [6.07, 6.45) is 3.61. The van der Waals surface area contributed by atoms with Gasteiger partial charge >= 0.3 is 0 Å². The molecule has 4 nitrogen and oxygen atoms in total. The average molecular weight is 282 g/mol. The highest BCUT2D eigenvalue weighted by molar-refractivity contribution is 7.91. The molecule has 0 radical (unpaired) electrons. The van der Waals surface area contributed by atoms with Crippen LogP contribution >= 0.6 is 0 Å². The molecule has 1 heterocycles. The lowest BCUT2D eigenvalue weighted by Gasteiger charge is -2.35. The first kappa shape index (κ1) is 14.2. The SMILES string of the molecule is CCS(=O)(=O)c1ccc(N2CCCC[C@H]2C)cc1N. The van der Waals surface area contributed by atoms with E-state index in [1.165, 1.54) is 19.3 Å². The number of sulfone groups is 1. The highest BCUT2D eigenvalue weighted by Crippen LogP contribution is 2.29. The van der Waals surface area contributed by atoms with Gasteiger partial charge in [-0.05, 0) is 44.4 Å². The van der Waals surface area contributed by atoms with Crippen molar-refractivity contribution in [3.63, 3.8) is 0 Å². The Balaban J connectivity index is 2.33. The van der Waals surface area contributed by atoms with Crippen LogP contribution in [0.2, 0.25) is 0 Å². The first-order valence-electron chi connectivity index (χ1n) is 6.84. The zero-order valence-electron chi connectivity index (χ0n) is 11.6. The topological polar surface area (TPSA) is 63.4 Å². The van der Waals surface area contributed by atoms with Gasteiger partial charge in [0.2, 0.25) is 0 Å². The van der Waals surface area contributed by atoms with E-state index in [4.69, 9.17) is 5.73 Å². The summed E-state index contributed by atoms with van der Waals surface area (Å²) in [6, 6.07) is 5.80. The molecule has 0 aromatic heterocycles. The molecular weight excluding hydrogens is 260 g/mol. The lowest BCUT2D eigenvalue weighted by Crippen LogP contribution is -2.37. The van der Waals surface area contributed by atoms with Gasteiger partial charge in [-0.3, -0.25) is 0 Å². The number of hydrogen-bond acceptors (Lipinski definition) is 4. The fourth-order valence-electron chi connectivity index (χ4n) is 2.63. The average Bonchev–Trinajstić information content (AvgIpc) is 2.39. The maximum atomic E-state index is 11.9. The van der Waals surface area contributed by atoms with Crippen molar-refractivity contribution < 1.29 is 8.42 Å². The molecule has 0 bridgehead atoms. The second-order valence-corrected chi connectivity index (χ2v) is 7.41. The predicted octanol–water partition coefficient (Wildman–Crippen LogP) is 2.44. The summed E-state index contributed by atoms with van der Waals surface area (Å²) in [5.41, 5.74) is 7.32. The number of anilines is 2. The van der Waals surface area contributed by atoms with Gasteiger partial charge in [0.15, 0.2) is 9.84 Å². The summed E-state index contributed by atoms with van der Waals surface area (Å²) in [7, 11) is -3.23. The number of piperidine rings is 1. The minimum absolute atomic E-state index is 0.0800. The molecule has 1 saturated heterocycles. The van der Waals surface area contributed by atoms with Crippen LogP contribution in [-0.2, 0) is 9.84 Å². The Bertz CT molecular complexity index is 555. The van der Waals surface area contributed by atoms with Gasteiger partial charge in [0.1, 0.15) is 0 Å². The van der Waals surface area contributed by atoms with Gasteiger partial charge < -0.3 is 10.6 Å². The normalized spacial score (nSPS) is 20.5. The van der Waals surface area contributed by atoms with Crippen molar-refractivity contribution in [2.24, 2.45) is 0 Å². The lowest BCUT2D eigenvalue weighted by molar-refractivity contribution is 0.485. The molecule has 5 heteroatoms. The molecule has 1 fully saturated rings. The van der Waals surface area contributed by atoms with Gasteiger partial charge in [-0.2, -0.15) is 0 Å². The van der Waals surface area contributed by atoms with Crippen molar-refractivity contribution in [1.29, 1.82) is 0 Å². The van der Waals surface area contributed by atoms with Crippen LogP contribution in [0.1, 0.15) is 33.1 Å². The summed E-state index contributed by atoms with van der Waals surface area (Å²) in [4.78, 5) is 2.56. The van der Waals surface area contributed by atoms with Gasteiger partial charge in [-0.15, -0.1) is 0 Å². The van der Waals surface area contributed by atoms with E-state index in [0.717, 1.165) is 12.2 Å². The maximum absolute atomic E-state index is 11.9. The molecule has 0 spiro atoms. The molecule has 2 rings (SSSR count). The fourth-order valence-corrected chi connectivity index (χ4v) is 3.64. The van der Waals surface area contributed by atoms with Crippen molar-refractivity contribution in [3.05, 3.63) is 18.2 Å². The summed E-state index contributed by atoms with van der Waals surface area (Å²) < 4.78 is 23.8. The van der Waals surface area contributed by atoms with E-state index >= 15 is 0 Å². The van der Waals surface area contributed by atoms with E-state index < -0.39 is 9.84 Å². The van der Waals surface area contributed by atoms with E-state index in [2.05, 4.69) is 11.8 Å². The first-order valence-corrected chi connectivity index (χ1v) is 8.50. The molecule has 1 aromatic carbocycles. The quantitative estimate of drug-likeness (QED) is 0.865. The van der Waals surface area contributed by atoms with E-state index in [0.29, 0.717) is 11.7 Å². The standard InChI is InChI=1S/C14H22N2O2S/c1-3-19(17,18)14-8-7-12(10-13(14)15)16-9-5-4-6-11(16)2/h7-8,10-11H,3-6,9,15H2,1-2H3/t11-/m1/s1. The van der Waals surface area contributed by atoms with Crippen LogP contribution in [0.25, 0.3) is 0 Å². The number of rotatable bonds is 3. The minimum atomic E-state index is -3.23. The second kappa shape index (κ2) is 5.41. The molecule has 106 valence electrons. The van der Waals surface area contributed by atoms with Crippen molar-refractivity contribution >= 4 is 21.2 Å². The predicted molar refractivity (Wildman–Crippen MR) is 79.2 cm³/mol. The van der Waals surface area contributed by atoms with Crippen LogP contribution in [0.4, 0.5) is 11.4 Å². The Morgan fingerprint density at radius 3 is 2.68 bits per heavy atom. The molecule has 0 aliphatic carbocycles. The number of nitrogen functional groups attached to an aromatic ring is 1. The third-order valence-corrected chi connectivity index (χ3v) is 5.65. The van der Waals surface area contributed by atoms with Gasteiger partial charge in [0.05, 0.1) is 16.3 Å². The number of nitrogens with zero attached hydrogens (tertiary/aromatic N) is 1. The monoisotopic (exact) mass is 282 g/mol. The highest BCUT2D eigenvalue weighted by atomic mass is 32.2. The zero-order chi connectivity index (χ0) is 14.0. The molecule has 1 aliphatic rings. The number of nitrogens with two attached hydrogens (primary N) is 1. The number of hydrogen-bond donors (Lipinski definition) is 1. The summed E-state index contributed by atoms with van der Waals surface area (Å²) >= 11 is 0. The molecule has 19 heavy (non-hydrogen) atoms. The van der Waals surface area contributed by atoms with E-state index in [1.54, 1.807) is 19.1 Å². The third kappa shape index (κ3) is 2.86. The van der Waals surface area contributed by atoms with Crippen LogP contribution in [0, 0.1) is 0 Å². The molecule has 2 N–H and O–H groups in total. The Kier molecular flexibility index (Phi) is 4.04. The van der Waals surface area contributed by atoms with Gasteiger partial charge in [0.25, 0.3) is 0 Å². The lowest BCUT2D eigenvalue weighted by atomic mass is 10.0. The van der Waals surface area contributed by atoms with Gasteiger partial charge in [0, 0.05) is 18.3 Å². The van der Waals surface area contributed by atoms with Crippen LogP contribution in [0.15, 0.2) is 23.1 Å². The molecule has 0 amide bonds. The van der Waals surface area contributed by atoms with E-state index in [1.807, 2.05) is 6.07 Å². The van der Waals surface area contributed by atoms with Crippen LogP contribution in [-0.4, -0.2) is 26.8 Å². The minimum Gasteiger partial charge on any atom is -0.398 e. The van der Waals surface area contributed by atoms with Gasteiger partial charge in [-0.1, -0.05) is 6.92 Å². The summed E-state index contributed by atoms with van der Waals surface area (Å²) in [5, 5.41) is 0. The van der Waals surface area contributed by atoms with Gasteiger partial charge in [-0.25, -0.2) is 8.42 Å². The number of benzene rings is 1. The Morgan fingerprint density at radius 2 is 2.11 bits per heavy atom. The van der Waals surface area contributed by atoms with Crippen LogP contribution < -0.4 is 10.6 Å². The Hall–Kier alpha value is -1.23. The third-order valence-electron chi connectivity index (χ3n) is 3.84. The highest BCUT2D eigenvalue weighted by Gasteiger charge is 2.21. The second-order valence-electron chi connectivity index (χ2n) is 5.16. The van der Waals surface area contributed by atoms with Crippen molar-refractivity contribution in [2.75, 3.05) is 22.9 Å². The van der Waals surface area contributed by atoms with Crippen LogP contribution in [0.5, 0.6) is 0 Å². The van der Waals surface area contributed by atoms with Crippen molar-refractivity contribution in [2.45, 2.75) is 44.0 Å². The molecule has 0 saturated carbocycles. The Labute approximate surface area is 115 Å². The van der Waals surface area contributed by atoms with Crippen LogP contribution in [0.3, 0.4) is 0 Å². The maximum Gasteiger partial charge on any atom is 0.180 e. The summed E-state index contributed by atoms with van der Waals surface area (Å²) in [6.45, 7) is 4.85. The largest absolute Gasteiger partial charge is 0.398 e. The molecule has 1 atom stereocenters. The van der Waals surface area contributed by atoms with Crippen molar-refractivity contribution in [1.82, 2.24) is 0 Å². The smallest absolute Gasteiger partial charge is 0.180 e.